The number of aryl methyl sites for hydroxylation is 2. The minimum Gasteiger partial charge on any atom is -0.478 e. The molecular formula is C32H31FN2O2. The van der Waals surface area contributed by atoms with Gasteiger partial charge in [-0.25, -0.2) is 4.79 Å². The lowest BCUT2D eigenvalue weighted by Crippen LogP contribution is -2.46. The number of aromatic nitrogens is 1. The van der Waals surface area contributed by atoms with Crippen molar-refractivity contribution in [3.63, 3.8) is 0 Å². The number of carboxylic acids is 1. The number of likely N-dealkylation sites (tertiary alicyclic amines) is 1. The van der Waals surface area contributed by atoms with Crippen molar-refractivity contribution in [3.05, 3.63) is 106 Å². The molecule has 1 aromatic heterocycles. The number of halogens is 1. The van der Waals surface area contributed by atoms with Crippen molar-refractivity contribution in [2.24, 2.45) is 5.92 Å². The molecule has 6 rings (SSSR count). The number of nitrogens with zero attached hydrogens (tertiary/aromatic N) is 1. The zero-order valence-electron chi connectivity index (χ0n) is 21.1. The number of hydrogen-bond donors (Lipinski definition) is 2. The first-order chi connectivity index (χ1) is 18.0. The van der Waals surface area contributed by atoms with Gasteiger partial charge in [0.15, 0.2) is 0 Å². The minimum absolute atomic E-state index is 0.180. The average Bonchev–Trinajstić information content (AvgIpc) is 3.18. The number of hydrogen-bond acceptors (Lipinski definition) is 2. The Bertz CT molecular complexity index is 1530. The Labute approximate surface area is 216 Å². The van der Waals surface area contributed by atoms with Crippen molar-refractivity contribution in [2.45, 2.75) is 32.7 Å². The standard InChI is InChI=1S/C32H31FN2O2/c1-20-5-2-3-7-27(20)29-8-4-6-22-13-24(32(36)37)9-11-28(22)31(29)23-10-12-30-25(14-23)15-26(34-30)19-35-17-21(16-33)18-35/h2-3,5,7,9-15,21,34H,4,6,8,16-19H2,1H3,(H,36,37). The van der Waals surface area contributed by atoms with Crippen LogP contribution in [0.15, 0.2) is 66.7 Å². The Morgan fingerprint density at radius 1 is 1.03 bits per heavy atom. The van der Waals surface area contributed by atoms with E-state index in [9.17, 15) is 14.3 Å². The number of alkyl halides is 1. The van der Waals surface area contributed by atoms with E-state index in [4.69, 9.17) is 0 Å². The van der Waals surface area contributed by atoms with E-state index in [-0.39, 0.29) is 12.6 Å². The maximum atomic E-state index is 12.8. The molecule has 4 aromatic rings. The Kier molecular flexibility index (Phi) is 6.17. The van der Waals surface area contributed by atoms with Crippen LogP contribution in [-0.2, 0) is 13.0 Å². The summed E-state index contributed by atoms with van der Waals surface area (Å²) in [6.45, 7) is 4.36. The van der Waals surface area contributed by atoms with E-state index in [1.807, 2.05) is 12.1 Å². The molecule has 0 saturated carbocycles. The molecule has 2 aliphatic rings. The Morgan fingerprint density at radius 3 is 2.65 bits per heavy atom. The molecule has 5 heteroatoms. The van der Waals surface area contributed by atoms with E-state index < -0.39 is 5.97 Å². The fourth-order valence-corrected chi connectivity index (χ4v) is 6.01. The number of benzene rings is 3. The number of carboxylic acid groups (broad SMARTS) is 1. The maximum absolute atomic E-state index is 12.8. The van der Waals surface area contributed by atoms with Gasteiger partial charge in [0.05, 0.1) is 12.2 Å². The molecule has 37 heavy (non-hydrogen) atoms. The summed E-state index contributed by atoms with van der Waals surface area (Å²) >= 11 is 0. The number of nitrogens with one attached hydrogen (secondary N) is 1. The van der Waals surface area contributed by atoms with Crippen molar-refractivity contribution in [3.8, 4) is 0 Å². The Morgan fingerprint density at radius 2 is 1.86 bits per heavy atom. The second-order valence-electron chi connectivity index (χ2n) is 10.5. The first-order valence-corrected chi connectivity index (χ1v) is 13.1. The summed E-state index contributed by atoms with van der Waals surface area (Å²) in [5.41, 5.74) is 10.9. The van der Waals surface area contributed by atoms with Crippen molar-refractivity contribution in [1.82, 2.24) is 9.88 Å². The summed E-state index contributed by atoms with van der Waals surface area (Å²) in [6, 6.07) is 22.9. The van der Waals surface area contributed by atoms with Crippen LogP contribution >= 0.6 is 0 Å². The molecule has 1 fully saturated rings. The number of carbonyl (C=O) groups is 1. The molecule has 188 valence electrons. The van der Waals surface area contributed by atoms with Crippen LogP contribution in [0.4, 0.5) is 4.39 Å². The molecular weight excluding hydrogens is 463 g/mol. The van der Waals surface area contributed by atoms with E-state index in [2.05, 4.69) is 65.3 Å². The van der Waals surface area contributed by atoms with Crippen LogP contribution in [0.25, 0.3) is 22.0 Å². The molecule has 0 bridgehead atoms. The highest BCUT2D eigenvalue weighted by Crippen LogP contribution is 2.41. The maximum Gasteiger partial charge on any atom is 0.335 e. The van der Waals surface area contributed by atoms with E-state index in [1.165, 1.54) is 22.3 Å². The van der Waals surface area contributed by atoms with Gasteiger partial charge in [0.1, 0.15) is 0 Å². The second-order valence-corrected chi connectivity index (χ2v) is 10.5. The summed E-state index contributed by atoms with van der Waals surface area (Å²) in [7, 11) is 0. The van der Waals surface area contributed by atoms with Gasteiger partial charge >= 0.3 is 5.97 Å². The van der Waals surface area contributed by atoms with E-state index in [0.717, 1.165) is 72.2 Å². The highest BCUT2D eigenvalue weighted by molar-refractivity contribution is 6.02. The van der Waals surface area contributed by atoms with Gasteiger partial charge in [-0.15, -0.1) is 0 Å². The summed E-state index contributed by atoms with van der Waals surface area (Å²) < 4.78 is 12.8. The molecule has 1 aliphatic heterocycles. The molecule has 4 nitrogen and oxygen atoms in total. The van der Waals surface area contributed by atoms with Crippen LogP contribution in [0.5, 0.6) is 0 Å². The second kappa shape index (κ2) is 9.64. The zero-order chi connectivity index (χ0) is 25.5. The lowest BCUT2D eigenvalue weighted by atomic mass is 9.86. The molecule has 0 amide bonds. The number of allylic oxidation sites excluding steroid dienone is 1. The monoisotopic (exact) mass is 494 g/mol. The van der Waals surface area contributed by atoms with Gasteiger partial charge in [-0.1, -0.05) is 36.4 Å². The van der Waals surface area contributed by atoms with Gasteiger partial charge in [0.2, 0.25) is 0 Å². The molecule has 0 radical (unpaired) electrons. The highest BCUT2D eigenvalue weighted by atomic mass is 19.1. The van der Waals surface area contributed by atoms with Gasteiger partial charge in [0, 0.05) is 42.1 Å². The van der Waals surface area contributed by atoms with Crippen LogP contribution in [0.1, 0.15) is 56.7 Å². The Hall–Kier alpha value is -3.70. The van der Waals surface area contributed by atoms with Crippen molar-refractivity contribution >= 4 is 28.0 Å². The Balaban J connectivity index is 1.47. The number of aromatic carboxylic acids is 1. The minimum atomic E-state index is -0.891. The number of H-pyrrole nitrogens is 1. The highest BCUT2D eigenvalue weighted by Gasteiger charge is 2.27. The third kappa shape index (κ3) is 4.49. The summed E-state index contributed by atoms with van der Waals surface area (Å²) in [5.74, 6) is -0.710. The summed E-state index contributed by atoms with van der Waals surface area (Å²) in [6.07, 6.45) is 2.75. The third-order valence-corrected chi connectivity index (χ3v) is 7.88. The molecule has 2 N–H and O–H groups in total. The molecule has 2 heterocycles. The molecule has 1 aliphatic carbocycles. The quantitative estimate of drug-likeness (QED) is 0.307. The topological polar surface area (TPSA) is 56.3 Å². The number of rotatable bonds is 6. The van der Waals surface area contributed by atoms with Crippen molar-refractivity contribution in [2.75, 3.05) is 19.8 Å². The molecule has 0 atom stereocenters. The van der Waals surface area contributed by atoms with Crippen LogP contribution < -0.4 is 0 Å². The SMILES string of the molecule is Cc1ccccc1C1=C(c2ccc3[nH]c(CN4CC(CF)C4)cc3c2)c2ccc(C(=O)O)cc2CCC1. The lowest BCUT2D eigenvalue weighted by molar-refractivity contribution is 0.0696. The molecule has 3 aromatic carbocycles. The van der Waals surface area contributed by atoms with E-state index in [1.54, 1.807) is 6.07 Å². The number of aromatic amines is 1. The van der Waals surface area contributed by atoms with Crippen LogP contribution in [0, 0.1) is 12.8 Å². The van der Waals surface area contributed by atoms with Gasteiger partial charge in [-0.05, 0) is 95.5 Å². The molecule has 0 unspecified atom stereocenters. The van der Waals surface area contributed by atoms with Crippen LogP contribution in [0.3, 0.4) is 0 Å². The first kappa shape index (κ1) is 23.7. The fraction of sp³-hybridized carbons (Fsp3) is 0.281. The zero-order valence-corrected chi connectivity index (χ0v) is 21.1. The van der Waals surface area contributed by atoms with Gasteiger partial charge in [0.25, 0.3) is 0 Å². The smallest absolute Gasteiger partial charge is 0.335 e. The first-order valence-electron chi connectivity index (χ1n) is 13.1. The van der Waals surface area contributed by atoms with Crippen molar-refractivity contribution in [1.29, 1.82) is 0 Å². The fourth-order valence-electron chi connectivity index (χ4n) is 6.01. The van der Waals surface area contributed by atoms with Gasteiger partial charge < -0.3 is 10.1 Å². The number of fused-ring (bicyclic) bond motifs is 2. The van der Waals surface area contributed by atoms with E-state index >= 15 is 0 Å². The normalized spacial score (nSPS) is 16.5. The van der Waals surface area contributed by atoms with Crippen LogP contribution in [-0.4, -0.2) is 40.7 Å². The van der Waals surface area contributed by atoms with Crippen molar-refractivity contribution < 1.29 is 14.3 Å². The summed E-state index contributed by atoms with van der Waals surface area (Å²) in [4.78, 5) is 17.5. The largest absolute Gasteiger partial charge is 0.478 e. The van der Waals surface area contributed by atoms with Gasteiger partial charge in [-0.2, -0.15) is 0 Å². The predicted octanol–water partition coefficient (Wildman–Crippen LogP) is 6.87. The predicted molar refractivity (Wildman–Crippen MR) is 146 cm³/mol. The average molecular weight is 495 g/mol. The lowest BCUT2D eigenvalue weighted by Gasteiger charge is -2.37. The van der Waals surface area contributed by atoms with Gasteiger partial charge in [-0.3, -0.25) is 9.29 Å². The van der Waals surface area contributed by atoms with Crippen LogP contribution in [0.2, 0.25) is 0 Å². The van der Waals surface area contributed by atoms with E-state index in [0.29, 0.717) is 5.56 Å². The third-order valence-electron chi connectivity index (χ3n) is 7.88. The molecule has 1 saturated heterocycles. The molecule has 0 spiro atoms. The summed E-state index contributed by atoms with van der Waals surface area (Å²) in [5, 5.41) is 10.8.